The summed E-state index contributed by atoms with van der Waals surface area (Å²) in [5, 5.41) is 2.93. The van der Waals surface area contributed by atoms with Crippen LogP contribution >= 0.6 is 0 Å². The molecule has 0 aliphatic carbocycles. The van der Waals surface area contributed by atoms with Gasteiger partial charge >= 0.3 is 0 Å². The number of benzene rings is 2. The van der Waals surface area contributed by atoms with Crippen LogP contribution in [0.5, 0.6) is 5.75 Å². The van der Waals surface area contributed by atoms with Crippen LogP contribution in [-0.2, 0) is 9.59 Å². The number of nitrogens with zero attached hydrogens (tertiary/aromatic N) is 2. The van der Waals surface area contributed by atoms with Gasteiger partial charge in [-0.2, -0.15) is 0 Å². The Hall–Kier alpha value is -3.67. The molecule has 1 aliphatic rings. The van der Waals surface area contributed by atoms with Crippen molar-refractivity contribution < 1.29 is 14.3 Å². The number of pyridine rings is 1. The number of nitrogens with one attached hydrogen (secondary N) is 1. The summed E-state index contributed by atoms with van der Waals surface area (Å²) in [5.74, 6) is 0.807. The lowest BCUT2D eigenvalue weighted by Crippen LogP contribution is -2.42. The molecular formula is C25H25N3O3. The zero-order valence-electron chi connectivity index (χ0n) is 17.7. The average molecular weight is 415 g/mol. The highest BCUT2D eigenvalue weighted by molar-refractivity contribution is 5.99. The SMILES string of the molecule is Cc1ccc(NC(=O)CCCN2C(=O)[C@H](c3ccccc3)Oc3cccnc32)cc1C. The van der Waals surface area contributed by atoms with E-state index in [1.807, 2.05) is 68.4 Å². The predicted molar refractivity (Wildman–Crippen MR) is 120 cm³/mol. The number of ether oxygens (including phenoxy) is 1. The molecule has 2 amide bonds. The Balaban J connectivity index is 1.43. The predicted octanol–water partition coefficient (Wildman–Crippen LogP) is 4.58. The summed E-state index contributed by atoms with van der Waals surface area (Å²) in [5.41, 5.74) is 3.89. The summed E-state index contributed by atoms with van der Waals surface area (Å²) in [7, 11) is 0. The number of rotatable bonds is 6. The molecular weight excluding hydrogens is 390 g/mol. The first-order valence-electron chi connectivity index (χ1n) is 10.4. The molecule has 0 saturated carbocycles. The van der Waals surface area contributed by atoms with Gasteiger partial charge in [0.05, 0.1) is 0 Å². The number of fused-ring (bicyclic) bond motifs is 1. The minimum Gasteiger partial charge on any atom is -0.472 e. The van der Waals surface area contributed by atoms with E-state index in [2.05, 4.69) is 10.3 Å². The van der Waals surface area contributed by atoms with E-state index in [9.17, 15) is 9.59 Å². The summed E-state index contributed by atoms with van der Waals surface area (Å²) in [6, 6.07) is 18.9. The highest BCUT2D eigenvalue weighted by Crippen LogP contribution is 2.37. The molecule has 0 fully saturated rings. The van der Waals surface area contributed by atoms with Gasteiger partial charge in [-0.1, -0.05) is 36.4 Å². The van der Waals surface area contributed by atoms with Gasteiger partial charge in [-0.05, 0) is 55.7 Å². The fraction of sp³-hybridized carbons (Fsp3) is 0.240. The molecule has 4 rings (SSSR count). The highest BCUT2D eigenvalue weighted by Gasteiger charge is 2.36. The lowest BCUT2D eigenvalue weighted by atomic mass is 10.1. The number of anilines is 2. The molecule has 1 N–H and O–H groups in total. The van der Waals surface area contributed by atoms with Crippen molar-refractivity contribution in [3.63, 3.8) is 0 Å². The van der Waals surface area contributed by atoms with Crippen LogP contribution in [0, 0.1) is 13.8 Å². The van der Waals surface area contributed by atoms with Crippen LogP contribution < -0.4 is 15.0 Å². The van der Waals surface area contributed by atoms with Gasteiger partial charge in [0.25, 0.3) is 5.91 Å². The van der Waals surface area contributed by atoms with E-state index in [1.165, 1.54) is 5.56 Å². The van der Waals surface area contributed by atoms with Crippen LogP contribution in [0.25, 0.3) is 0 Å². The zero-order chi connectivity index (χ0) is 21.8. The van der Waals surface area contributed by atoms with E-state index >= 15 is 0 Å². The number of hydrogen-bond donors (Lipinski definition) is 1. The van der Waals surface area contributed by atoms with Crippen LogP contribution in [0.1, 0.15) is 35.6 Å². The maximum atomic E-state index is 13.2. The molecule has 0 radical (unpaired) electrons. The standard InChI is InChI=1S/C25H25N3O3/c1-17-12-13-20(16-18(17)2)27-22(29)11-7-15-28-24-21(10-6-14-26-24)31-23(25(28)30)19-8-4-3-5-9-19/h3-6,8-10,12-14,16,23H,7,11,15H2,1-2H3,(H,27,29)/t23-/m0/s1. The summed E-state index contributed by atoms with van der Waals surface area (Å²) >= 11 is 0. The third kappa shape index (κ3) is 4.58. The van der Waals surface area contributed by atoms with Gasteiger partial charge in [-0.3, -0.25) is 14.5 Å². The van der Waals surface area contributed by atoms with Crippen LogP contribution in [0.4, 0.5) is 11.5 Å². The highest BCUT2D eigenvalue weighted by atomic mass is 16.5. The summed E-state index contributed by atoms with van der Waals surface area (Å²) in [6.07, 6.45) is 1.73. The smallest absolute Gasteiger partial charge is 0.274 e. The summed E-state index contributed by atoms with van der Waals surface area (Å²) in [6.45, 7) is 4.44. The van der Waals surface area contributed by atoms with Gasteiger partial charge in [0.1, 0.15) is 0 Å². The Morgan fingerprint density at radius 3 is 2.65 bits per heavy atom. The molecule has 0 unspecified atom stereocenters. The number of carbonyl (C=O) groups excluding carboxylic acids is 2. The maximum absolute atomic E-state index is 13.2. The van der Waals surface area contributed by atoms with Crippen molar-refractivity contribution in [2.24, 2.45) is 0 Å². The Labute approximate surface area is 181 Å². The summed E-state index contributed by atoms with van der Waals surface area (Å²) < 4.78 is 5.95. The number of aryl methyl sites for hydroxylation is 2. The summed E-state index contributed by atoms with van der Waals surface area (Å²) in [4.78, 5) is 31.6. The van der Waals surface area contributed by atoms with Gasteiger partial charge in [0, 0.05) is 30.4 Å². The number of aromatic nitrogens is 1. The van der Waals surface area contributed by atoms with E-state index in [0.29, 0.717) is 31.0 Å². The first-order valence-corrected chi connectivity index (χ1v) is 10.4. The zero-order valence-corrected chi connectivity index (χ0v) is 17.7. The molecule has 1 atom stereocenters. The maximum Gasteiger partial charge on any atom is 0.274 e. The van der Waals surface area contributed by atoms with Gasteiger partial charge < -0.3 is 10.1 Å². The first-order chi connectivity index (χ1) is 15.0. The van der Waals surface area contributed by atoms with E-state index in [4.69, 9.17) is 4.74 Å². The largest absolute Gasteiger partial charge is 0.472 e. The topological polar surface area (TPSA) is 71.5 Å². The van der Waals surface area contributed by atoms with Crippen molar-refractivity contribution in [2.45, 2.75) is 32.8 Å². The van der Waals surface area contributed by atoms with Gasteiger partial charge in [0.15, 0.2) is 11.6 Å². The van der Waals surface area contributed by atoms with Gasteiger partial charge in [0.2, 0.25) is 12.0 Å². The molecule has 1 aromatic heterocycles. The molecule has 6 nitrogen and oxygen atoms in total. The molecule has 158 valence electrons. The van der Waals surface area contributed by atoms with Crippen LogP contribution in [0.2, 0.25) is 0 Å². The Bertz CT molecular complexity index is 1100. The minimum absolute atomic E-state index is 0.0789. The second kappa shape index (κ2) is 9.00. The van der Waals surface area contributed by atoms with E-state index in [-0.39, 0.29) is 11.8 Å². The normalized spacial score (nSPS) is 15.2. The second-order valence-corrected chi connectivity index (χ2v) is 7.67. The third-order valence-corrected chi connectivity index (χ3v) is 5.42. The fourth-order valence-electron chi connectivity index (χ4n) is 3.60. The van der Waals surface area contributed by atoms with Crippen molar-refractivity contribution in [1.29, 1.82) is 0 Å². The lowest BCUT2D eigenvalue weighted by Gasteiger charge is -2.33. The third-order valence-electron chi connectivity index (χ3n) is 5.42. The Morgan fingerprint density at radius 1 is 1.06 bits per heavy atom. The number of carbonyl (C=O) groups is 2. The molecule has 0 saturated heterocycles. The number of amides is 2. The monoisotopic (exact) mass is 415 g/mol. The van der Waals surface area contributed by atoms with E-state index in [1.54, 1.807) is 17.2 Å². The molecule has 2 heterocycles. The quantitative estimate of drug-likeness (QED) is 0.639. The molecule has 1 aliphatic heterocycles. The first kappa shape index (κ1) is 20.6. The molecule has 2 aromatic carbocycles. The van der Waals surface area contributed by atoms with Crippen molar-refractivity contribution >= 4 is 23.3 Å². The van der Waals surface area contributed by atoms with E-state index in [0.717, 1.165) is 16.8 Å². The Morgan fingerprint density at radius 2 is 1.87 bits per heavy atom. The van der Waals surface area contributed by atoms with Crippen LogP contribution in [0.15, 0.2) is 66.9 Å². The van der Waals surface area contributed by atoms with E-state index < -0.39 is 6.10 Å². The molecule has 0 spiro atoms. The number of hydrogen-bond acceptors (Lipinski definition) is 4. The lowest BCUT2D eigenvalue weighted by molar-refractivity contribution is -0.127. The average Bonchev–Trinajstić information content (AvgIpc) is 2.78. The van der Waals surface area contributed by atoms with Crippen molar-refractivity contribution in [3.05, 3.63) is 83.6 Å². The van der Waals surface area contributed by atoms with Crippen molar-refractivity contribution in [1.82, 2.24) is 4.98 Å². The van der Waals surface area contributed by atoms with Gasteiger partial charge in [-0.25, -0.2) is 4.98 Å². The fourth-order valence-corrected chi connectivity index (χ4v) is 3.60. The molecule has 31 heavy (non-hydrogen) atoms. The van der Waals surface area contributed by atoms with Crippen LogP contribution in [0.3, 0.4) is 0 Å². The molecule has 6 heteroatoms. The van der Waals surface area contributed by atoms with Crippen LogP contribution in [-0.4, -0.2) is 23.3 Å². The molecule has 0 bridgehead atoms. The van der Waals surface area contributed by atoms with Gasteiger partial charge in [-0.15, -0.1) is 0 Å². The minimum atomic E-state index is -0.720. The Kier molecular flexibility index (Phi) is 5.98. The second-order valence-electron chi connectivity index (χ2n) is 7.67. The van der Waals surface area contributed by atoms with Crippen molar-refractivity contribution in [3.8, 4) is 5.75 Å². The van der Waals surface area contributed by atoms with Crippen molar-refractivity contribution in [2.75, 3.05) is 16.8 Å². The molecule has 3 aromatic rings.